The summed E-state index contributed by atoms with van der Waals surface area (Å²) < 4.78 is 0. The zero-order valence-electron chi connectivity index (χ0n) is 13.5. The Morgan fingerprint density at radius 3 is 2.61 bits per heavy atom. The van der Waals surface area contributed by atoms with Crippen molar-refractivity contribution in [2.45, 2.75) is 18.9 Å². The minimum atomic E-state index is 0.453. The minimum Gasteiger partial charge on any atom is -0.399 e. The smallest absolute Gasteiger partial charge is 0.214 e. The van der Waals surface area contributed by atoms with Crippen molar-refractivity contribution in [3.05, 3.63) is 48.5 Å². The number of hydrogen-bond donors (Lipinski definition) is 1. The van der Waals surface area contributed by atoms with Crippen LogP contribution >= 0.6 is 0 Å². The van der Waals surface area contributed by atoms with Gasteiger partial charge in [-0.05, 0) is 61.8 Å². The van der Waals surface area contributed by atoms with E-state index in [4.69, 9.17) is 5.73 Å². The highest BCUT2D eigenvalue weighted by atomic mass is 16.1. The van der Waals surface area contributed by atoms with Crippen LogP contribution in [0.3, 0.4) is 0 Å². The average Bonchev–Trinajstić information content (AvgIpc) is 2.98. The molecule has 0 spiro atoms. The Kier molecular flexibility index (Phi) is 4.63. The van der Waals surface area contributed by atoms with E-state index in [9.17, 15) is 4.79 Å². The van der Waals surface area contributed by atoms with Gasteiger partial charge < -0.3 is 15.5 Å². The van der Waals surface area contributed by atoms with Gasteiger partial charge >= 0.3 is 0 Å². The van der Waals surface area contributed by atoms with Crippen molar-refractivity contribution in [3.63, 3.8) is 0 Å². The summed E-state index contributed by atoms with van der Waals surface area (Å²) in [4.78, 5) is 15.6. The molecule has 2 N–H and O–H groups in total. The predicted octanol–water partition coefficient (Wildman–Crippen LogP) is 2.99. The summed E-state index contributed by atoms with van der Waals surface area (Å²) in [6.45, 7) is 1.86. The molecule has 0 aromatic heterocycles. The molecular formula is C19H23N3O. The zero-order valence-corrected chi connectivity index (χ0v) is 13.5. The number of rotatable bonds is 5. The molecule has 0 radical (unpaired) electrons. The normalized spacial score (nSPS) is 18.0. The van der Waals surface area contributed by atoms with Crippen molar-refractivity contribution in [1.82, 2.24) is 4.90 Å². The van der Waals surface area contributed by atoms with E-state index >= 15 is 0 Å². The third-order valence-corrected chi connectivity index (χ3v) is 4.63. The maximum atomic E-state index is 11.5. The summed E-state index contributed by atoms with van der Waals surface area (Å²) >= 11 is 0. The molecular weight excluding hydrogens is 286 g/mol. The number of benzene rings is 2. The Balaban J connectivity index is 1.76. The lowest BCUT2D eigenvalue weighted by atomic mass is 10.0. The van der Waals surface area contributed by atoms with Crippen LogP contribution in [0.5, 0.6) is 0 Å². The van der Waals surface area contributed by atoms with E-state index in [0.717, 1.165) is 48.4 Å². The van der Waals surface area contributed by atoms with Gasteiger partial charge in [0.2, 0.25) is 6.41 Å². The van der Waals surface area contributed by atoms with Crippen LogP contribution in [0, 0.1) is 0 Å². The molecule has 1 saturated heterocycles. The lowest BCUT2D eigenvalue weighted by Gasteiger charge is -2.26. The molecule has 4 nitrogen and oxygen atoms in total. The number of likely N-dealkylation sites (N-methyl/N-ethyl adjacent to an activating group) is 1. The number of anilines is 2. The highest BCUT2D eigenvalue weighted by molar-refractivity contribution is 5.77. The Morgan fingerprint density at radius 2 is 2.00 bits per heavy atom. The van der Waals surface area contributed by atoms with Gasteiger partial charge in [0.25, 0.3) is 0 Å². The second-order valence-electron chi connectivity index (χ2n) is 6.21. The lowest BCUT2D eigenvalue weighted by Crippen LogP contribution is -2.38. The van der Waals surface area contributed by atoms with Crippen LogP contribution in [0.2, 0.25) is 0 Å². The summed E-state index contributed by atoms with van der Waals surface area (Å²) in [5, 5.41) is 0. The van der Waals surface area contributed by atoms with Crippen molar-refractivity contribution in [2.75, 3.05) is 30.8 Å². The third kappa shape index (κ3) is 3.54. The molecule has 2 aromatic rings. The second-order valence-corrected chi connectivity index (χ2v) is 6.21. The van der Waals surface area contributed by atoms with Crippen LogP contribution in [-0.2, 0) is 4.79 Å². The van der Waals surface area contributed by atoms with E-state index in [1.807, 2.05) is 48.5 Å². The molecule has 0 unspecified atom stereocenters. The van der Waals surface area contributed by atoms with E-state index < -0.39 is 0 Å². The van der Waals surface area contributed by atoms with E-state index in [1.165, 1.54) is 6.42 Å². The largest absolute Gasteiger partial charge is 0.399 e. The summed E-state index contributed by atoms with van der Waals surface area (Å²) in [5.41, 5.74) is 9.72. The summed E-state index contributed by atoms with van der Waals surface area (Å²) in [6, 6.07) is 16.4. The zero-order chi connectivity index (χ0) is 16.2. The van der Waals surface area contributed by atoms with Gasteiger partial charge in [0.15, 0.2) is 0 Å². The molecule has 1 fully saturated rings. The van der Waals surface area contributed by atoms with E-state index in [-0.39, 0.29) is 0 Å². The van der Waals surface area contributed by atoms with Gasteiger partial charge in [-0.2, -0.15) is 0 Å². The van der Waals surface area contributed by atoms with Crippen molar-refractivity contribution in [2.24, 2.45) is 0 Å². The maximum Gasteiger partial charge on any atom is 0.214 e. The first-order valence-corrected chi connectivity index (χ1v) is 8.05. The number of hydrogen-bond acceptors (Lipinski definition) is 3. The molecule has 1 heterocycles. The first-order chi connectivity index (χ1) is 11.2. The van der Waals surface area contributed by atoms with Gasteiger partial charge in [-0.1, -0.05) is 24.3 Å². The number of carbonyl (C=O) groups excluding carboxylic acids is 1. The van der Waals surface area contributed by atoms with Crippen LogP contribution in [0.1, 0.15) is 12.8 Å². The van der Waals surface area contributed by atoms with E-state index in [2.05, 4.69) is 11.9 Å². The van der Waals surface area contributed by atoms with Gasteiger partial charge in [-0.15, -0.1) is 0 Å². The molecule has 0 aliphatic carbocycles. The number of nitrogens with two attached hydrogens (primary N) is 1. The Morgan fingerprint density at radius 1 is 1.22 bits per heavy atom. The molecule has 1 aliphatic rings. The van der Waals surface area contributed by atoms with E-state index in [1.54, 1.807) is 4.90 Å². The molecule has 1 aliphatic heterocycles. The van der Waals surface area contributed by atoms with E-state index in [0.29, 0.717) is 6.04 Å². The van der Waals surface area contributed by atoms with Crippen LogP contribution in [0.25, 0.3) is 11.1 Å². The number of nitrogens with zero attached hydrogens (tertiary/aromatic N) is 2. The maximum absolute atomic E-state index is 11.5. The van der Waals surface area contributed by atoms with Gasteiger partial charge in [0, 0.05) is 24.0 Å². The molecule has 1 atom stereocenters. The Bertz CT molecular complexity index is 669. The minimum absolute atomic E-state index is 0.453. The molecule has 3 rings (SSSR count). The number of likely N-dealkylation sites (tertiary alicyclic amines) is 1. The highest BCUT2D eigenvalue weighted by Crippen LogP contribution is 2.25. The first-order valence-electron chi connectivity index (χ1n) is 8.05. The van der Waals surface area contributed by atoms with Gasteiger partial charge in [-0.25, -0.2) is 0 Å². The Labute approximate surface area is 137 Å². The topological polar surface area (TPSA) is 49.6 Å². The molecule has 1 amide bonds. The molecule has 120 valence electrons. The summed E-state index contributed by atoms with van der Waals surface area (Å²) in [5.74, 6) is 0. The monoisotopic (exact) mass is 309 g/mol. The first kappa shape index (κ1) is 15.6. The average molecular weight is 309 g/mol. The number of amides is 1. The molecule has 23 heavy (non-hydrogen) atoms. The number of carbonyl (C=O) groups is 1. The second kappa shape index (κ2) is 6.84. The Hall–Kier alpha value is -2.33. The van der Waals surface area contributed by atoms with Crippen LogP contribution < -0.4 is 10.6 Å². The standard InChI is InChI=1S/C19H23N3O/c1-21-11-3-6-19(21)13-22(14-23)18-9-7-15(8-10-18)16-4-2-5-17(20)12-16/h2,4-5,7-10,12,14,19H,3,6,11,13,20H2,1H3/t19-/m1/s1. The fraction of sp³-hybridized carbons (Fsp3) is 0.316. The van der Waals surface area contributed by atoms with Crippen molar-refractivity contribution in [3.8, 4) is 11.1 Å². The summed E-state index contributed by atoms with van der Waals surface area (Å²) in [6.07, 6.45) is 3.30. The SMILES string of the molecule is CN1CCC[C@@H]1CN(C=O)c1ccc(-c2cccc(N)c2)cc1. The van der Waals surface area contributed by atoms with Crippen LogP contribution in [0.4, 0.5) is 11.4 Å². The summed E-state index contributed by atoms with van der Waals surface area (Å²) in [7, 11) is 2.13. The fourth-order valence-corrected chi connectivity index (χ4v) is 3.21. The van der Waals surface area contributed by atoms with Gasteiger partial charge in [0.1, 0.15) is 0 Å². The van der Waals surface area contributed by atoms with Crippen LogP contribution in [0.15, 0.2) is 48.5 Å². The number of nitrogen functional groups attached to an aromatic ring is 1. The molecule has 4 heteroatoms. The quantitative estimate of drug-likeness (QED) is 0.682. The van der Waals surface area contributed by atoms with Gasteiger partial charge in [-0.3, -0.25) is 4.79 Å². The van der Waals surface area contributed by atoms with Gasteiger partial charge in [0.05, 0.1) is 0 Å². The van der Waals surface area contributed by atoms with Crippen molar-refractivity contribution in [1.29, 1.82) is 0 Å². The van der Waals surface area contributed by atoms with Crippen molar-refractivity contribution < 1.29 is 4.79 Å². The molecule has 0 bridgehead atoms. The van der Waals surface area contributed by atoms with Crippen LogP contribution in [-0.4, -0.2) is 37.5 Å². The predicted molar refractivity (Wildman–Crippen MR) is 95.4 cm³/mol. The lowest BCUT2D eigenvalue weighted by molar-refractivity contribution is -0.107. The molecule has 0 saturated carbocycles. The highest BCUT2D eigenvalue weighted by Gasteiger charge is 2.23. The van der Waals surface area contributed by atoms with Crippen molar-refractivity contribution >= 4 is 17.8 Å². The molecule has 2 aromatic carbocycles. The fourth-order valence-electron chi connectivity index (χ4n) is 3.21. The third-order valence-electron chi connectivity index (χ3n) is 4.63.